The summed E-state index contributed by atoms with van der Waals surface area (Å²) in [6.07, 6.45) is 0. The molecule has 1 aromatic carbocycles. The Morgan fingerprint density at radius 3 is 2.26 bits per heavy atom. The maximum absolute atomic E-state index is 12.4. The summed E-state index contributed by atoms with van der Waals surface area (Å²) < 4.78 is 0. The standard InChI is InChI=1S/C17H25N3O2.ClH/c1-13(2)16(21)19(3)12-14-4-6-15(7-5-14)17(22)20-10-8-18-9-11-20;/h4-7,13,18H,8-12H2,1-3H3;1H. The van der Waals surface area contributed by atoms with Crippen molar-refractivity contribution in [2.75, 3.05) is 33.2 Å². The van der Waals surface area contributed by atoms with Crippen molar-refractivity contribution in [2.45, 2.75) is 20.4 Å². The number of rotatable bonds is 4. The van der Waals surface area contributed by atoms with Gasteiger partial charge < -0.3 is 15.1 Å². The summed E-state index contributed by atoms with van der Waals surface area (Å²) in [5.41, 5.74) is 1.75. The van der Waals surface area contributed by atoms with Crippen LogP contribution in [0.2, 0.25) is 0 Å². The van der Waals surface area contributed by atoms with Crippen LogP contribution in [0, 0.1) is 5.92 Å². The van der Waals surface area contributed by atoms with E-state index < -0.39 is 0 Å². The van der Waals surface area contributed by atoms with Gasteiger partial charge in [0.05, 0.1) is 0 Å². The Bertz CT molecular complexity index is 525. The summed E-state index contributed by atoms with van der Waals surface area (Å²) >= 11 is 0. The van der Waals surface area contributed by atoms with Gasteiger partial charge in [0, 0.05) is 51.3 Å². The van der Waals surface area contributed by atoms with Crippen molar-refractivity contribution in [3.05, 3.63) is 35.4 Å². The number of benzene rings is 1. The van der Waals surface area contributed by atoms with E-state index in [2.05, 4.69) is 5.32 Å². The molecule has 1 heterocycles. The number of carbonyl (C=O) groups is 2. The maximum Gasteiger partial charge on any atom is 0.253 e. The fourth-order valence-electron chi connectivity index (χ4n) is 2.60. The van der Waals surface area contributed by atoms with Gasteiger partial charge in [-0.1, -0.05) is 26.0 Å². The SMILES string of the molecule is CC(C)C(=O)N(C)Cc1ccc(C(=O)N2CCNCC2)cc1.Cl. The predicted octanol–water partition coefficient (Wildman–Crippen LogP) is 1.77. The Hall–Kier alpha value is -1.59. The van der Waals surface area contributed by atoms with Crippen molar-refractivity contribution in [1.29, 1.82) is 0 Å². The fraction of sp³-hybridized carbons (Fsp3) is 0.529. The van der Waals surface area contributed by atoms with Gasteiger partial charge >= 0.3 is 0 Å². The second-order valence-electron chi connectivity index (χ2n) is 6.09. The maximum atomic E-state index is 12.4. The molecule has 1 saturated heterocycles. The third-order valence-corrected chi connectivity index (χ3v) is 3.89. The monoisotopic (exact) mass is 339 g/mol. The molecule has 1 aliphatic heterocycles. The van der Waals surface area contributed by atoms with E-state index in [9.17, 15) is 9.59 Å². The number of carbonyl (C=O) groups excluding carboxylic acids is 2. The molecule has 0 saturated carbocycles. The Morgan fingerprint density at radius 1 is 1.17 bits per heavy atom. The topological polar surface area (TPSA) is 52.7 Å². The van der Waals surface area contributed by atoms with Crippen molar-refractivity contribution in [1.82, 2.24) is 15.1 Å². The Labute approximate surface area is 144 Å². The van der Waals surface area contributed by atoms with E-state index in [1.165, 1.54) is 0 Å². The van der Waals surface area contributed by atoms with Gasteiger partial charge in [0.1, 0.15) is 0 Å². The predicted molar refractivity (Wildman–Crippen MR) is 93.8 cm³/mol. The van der Waals surface area contributed by atoms with Gasteiger partial charge in [0.2, 0.25) is 5.91 Å². The van der Waals surface area contributed by atoms with Crippen LogP contribution in [0.3, 0.4) is 0 Å². The average Bonchev–Trinajstić information content (AvgIpc) is 2.54. The van der Waals surface area contributed by atoms with Crippen LogP contribution in [0.15, 0.2) is 24.3 Å². The number of amides is 2. The molecule has 0 spiro atoms. The highest BCUT2D eigenvalue weighted by molar-refractivity contribution is 5.94. The van der Waals surface area contributed by atoms with Gasteiger partial charge in [-0.2, -0.15) is 0 Å². The number of nitrogens with one attached hydrogen (secondary N) is 1. The molecule has 1 N–H and O–H groups in total. The number of hydrogen-bond donors (Lipinski definition) is 1. The van der Waals surface area contributed by atoms with Crippen molar-refractivity contribution < 1.29 is 9.59 Å². The van der Waals surface area contributed by atoms with Crippen LogP contribution >= 0.6 is 12.4 Å². The molecule has 0 radical (unpaired) electrons. The van der Waals surface area contributed by atoms with E-state index in [1.54, 1.807) is 4.90 Å². The molecule has 0 aliphatic carbocycles. The van der Waals surface area contributed by atoms with E-state index in [4.69, 9.17) is 0 Å². The van der Waals surface area contributed by atoms with E-state index in [1.807, 2.05) is 50.1 Å². The zero-order valence-electron chi connectivity index (χ0n) is 14.0. The molecule has 128 valence electrons. The van der Waals surface area contributed by atoms with Gasteiger partial charge in [-0.25, -0.2) is 0 Å². The first-order valence-corrected chi connectivity index (χ1v) is 7.83. The van der Waals surface area contributed by atoms with Crippen LogP contribution in [0.5, 0.6) is 0 Å². The first-order valence-electron chi connectivity index (χ1n) is 7.83. The summed E-state index contributed by atoms with van der Waals surface area (Å²) in [6.45, 7) is 7.58. The lowest BCUT2D eigenvalue weighted by Gasteiger charge is -2.27. The first kappa shape index (κ1) is 19.5. The number of hydrogen-bond acceptors (Lipinski definition) is 3. The van der Waals surface area contributed by atoms with Gasteiger partial charge in [-0.3, -0.25) is 9.59 Å². The van der Waals surface area contributed by atoms with Crippen molar-refractivity contribution in [3.63, 3.8) is 0 Å². The molecule has 2 rings (SSSR count). The molecule has 1 aromatic rings. The van der Waals surface area contributed by atoms with Gasteiger partial charge in [0.15, 0.2) is 0 Å². The zero-order chi connectivity index (χ0) is 16.1. The van der Waals surface area contributed by atoms with Gasteiger partial charge in [0.25, 0.3) is 5.91 Å². The number of piperazine rings is 1. The van der Waals surface area contributed by atoms with Gasteiger partial charge in [-0.05, 0) is 17.7 Å². The minimum atomic E-state index is -0.00133. The molecular formula is C17H26ClN3O2. The second-order valence-corrected chi connectivity index (χ2v) is 6.09. The average molecular weight is 340 g/mol. The second kappa shape index (κ2) is 8.89. The van der Waals surface area contributed by atoms with Crippen molar-refractivity contribution >= 4 is 24.2 Å². The number of nitrogens with zero attached hydrogens (tertiary/aromatic N) is 2. The number of halogens is 1. The quantitative estimate of drug-likeness (QED) is 0.909. The lowest BCUT2D eigenvalue weighted by molar-refractivity contribution is -0.133. The van der Waals surface area contributed by atoms with Crippen LogP contribution < -0.4 is 5.32 Å². The smallest absolute Gasteiger partial charge is 0.253 e. The highest BCUT2D eigenvalue weighted by Gasteiger charge is 2.18. The van der Waals surface area contributed by atoms with Crippen LogP contribution in [-0.4, -0.2) is 54.8 Å². The van der Waals surface area contributed by atoms with E-state index >= 15 is 0 Å². The molecule has 1 aliphatic rings. The summed E-state index contributed by atoms with van der Waals surface area (Å²) in [7, 11) is 1.81. The summed E-state index contributed by atoms with van der Waals surface area (Å²) in [5.74, 6) is 0.208. The van der Waals surface area contributed by atoms with Gasteiger partial charge in [-0.15, -0.1) is 12.4 Å². The Balaban J connectivity index is 0.00000264. The molecule has 5 nitrogen and oxygen atoms in total. The molecular weight excluding hydrogens is 314 g/mol. The fourth-order valence-corrected chi connectivity index (χ4v) is 2.60. The highest BCUT2D eigenvalue weighted by Crippen LogP contribution is 2.11. The molecule has 0 aromatic heterocycles. The van der Waals surface area contributed by atoms with Crippen LogP contribution in [0.1, 0.15) is 29.8 Å². The summed E-state index contributed by atoms with van der Waals surface area (Å²) in [5, 5.41) is 3.24. The molecule has 1 fully saturated rings. The third-order valence-electron chi connectivity index (χ3n) is 3.89. The molecule has 0 unspecified atom stereocenters. The van der Waals surface area contributed by atoms with Crippen molar-refractivity contribution in [3.8, 4) is 0 Å². The lowest BCUT2D eigenvalue weighted by Crippen LogP contribution is -2.46. The molecule has 2 amide bonds. The first-order chi connectivity index (χ1) is 10.5. The van der Waals surface area contributed by atoms with Crippen LogP contribution in [-0.2, 0) is 11.3 Å². The van der Waals surface area contributed by atoms with E-state index in [0.717, 1.165) is 31.7 Å². The lowest BCUT2D eigenvalue weighted by atomic mass is 10.1. The highest BCUT2D eigenvalue weighted by atomic mass is 35.5. The zero-order valence-corrected chi connectivity index (χ0v) is 14.9. The third kappa shape index (κ3) is 5.22. The van der Waals surface area contributed by atoms with E-state index in [0.29, 0.717) is 12.1 Å². The van der Waals surface area contributed by atoms with E-state index in [-0.39, 0.29) is 30.1 Å². The summed E-state index contributed by atoms with van der Waals surface area (Å²) in [6, 6.07) is 7.57. The summed E-state index contributed by atoms with van der Waals surface area (Å²) in [4.78, 5) is 27.8. The molecule has 0 atom stereocenters. The van der Waals surface area contributed by atoms with Crippen LogP contribution in [0.25, 0.3) is 0 Å². The Kier molecular flexibility index (Phi) is 7.52. The molecule has 0 bridgehead atoms. The molecule has 23 heavy (non-hydrogen) atoms. The van der Waals surface area contributed by atoms with Crippen molar-refractivity contribution in [2.24, 2.45) is 5.92 Å². The van der Waals surface area contributed by atoms with Crippen LogP contribution in [0.4, 0.5) is 0 Å². The molecule has 6 heteroatoms. The minimum absolute atomic E-state index is 0. The Morgan fingerprint density at radius 2 is 1.74 bits per heavy atom. The minimum Gasteiger partial charge on any atom is -0.341 e. The largest absolute Gasteiger partial charge is 0.341 e. The normalized spacial score (nSPS) is 14.3.